The second-order valence-corrected chi connectivity index (χ2v) is 6.13. The zero-order chi connectivity index (χ0) is 16.2. The van der Waals surface area contributed by atoms with E-state index in [1.54, 1.807) is 0 Å². The minimum atomic E-state index is -0.341. The van der Waals surface area contributed by atoms with Gasteiger partial charge in [0.15, 0.2) is 5.16 Å². The zero-order valence-corrected chi connectivity index (χ0v) is 13.6. The molecule has 1 heterocycles. The van der Waals surface area contributed by atoms with E-state index in [0.29, 0.717) is 0 Å². The van der Waals surface area contributed by atoms with E-state index >= 15 is 0 Å². The third kappa shape index (κ3) is 3.46. The van der Waals surface area contributed by atoms with Gasteiger partial charge in [0.1, 0.15) is 0 Å². The van der Waals surface area contributed by atoms with Gasteiger partial charge >= 0.3 is 0 Å². The minimum absolute atomic E-state index is 0.233. The van der Waals surface area contributed by atoms with E-state index in [-0.39, 0.29) is 11.7 Å². The highest BCUT2D eigenvalue weighted by molar-refractivity contribution is 7.99. The lowest BCUT2D eigenvalue weighted by molar-refractivity contribution is -0.115. The number of aromatic nitrogens is 2. The summed E-state index contributed by atoms with van der Waals surface area (Å²) in [5, 5.41) is 0.783. The smallest absolute Gasteiger partial charge is 0.227 e. The maximum absolute atomic E-state index is 10.9. The molecule has 3 rings (SSSR count). The van der Waals surface area contributed by atoms with Crippen molar-refractivity contribution in [2.24, 2.45) is 12.8 Å². The van der Waals surface area contributed by atoms with Gasteiger partial charge in [-0.3, -0.25) is 4.79 Å². The molecule has 5 heteroatoms. The van der Waals surface area contributed by atoms with Crippen LogP contribution in [-0.4, -0.2) is 21.2 Å². The Bertz CT molecular complexity index is 810. The highest BCUT2D eigenvalue weighted by atomic mass is 32.2. The summed E-state index contributed by atoms with van der Waals surface area (Å²) in [7, 11) is 1.94. The van der Waals surface area contributed by atoms with Crippen LogP contribution in [0.1, 0.15) is 0 Å². The Morgan fingerprint density at radius 2 is 1.65 bits per heavy atom. The number of rotatable bonds is 5. The fourth-order valence-electron chi connectivity index (χ4n) is 2.39. The molecule has 3 aromatic rings. The Morgan fingerprint density at radius 1 is 1.04 bits per heavy atom. The molecule has 1 aromatic heterocycles. The van der Waals surface area contributed by atoms with Crippen LogP contribution < -0.4 is 5.73 Å². The minimum Gasteiger partial charge on any atom is -0.369 e. The Kier molecular flexibility index (Phi) is 4.48. The van der Waals surface area contributed by atoms with Crippen molar-refractivity contribution in [2.75, 3.05) is 5.75 Å². The van der Waals surface area contributed by atoms with Gasteiger partial charge in [0.2, 0.25) is 5.91 Å². The molecule has 116 valence electrons. The van der Waals surface area contributed by atoms with E-state index in [0.717, 1.165) is 16.4 Å². The van der Waals surface area contributed by atoms with Crippen LogP contribution >= 0.6 is 11.8 Å². The van der Waals surface area contributed by atoms with Crippen molar-refractivity contribution < 1.29 is 4.79 Å². The number of carbonyl (C=O) groups excluding carboxylic acids is 1. The van der Waals surface area contributed by atoms with Crippen molar-refractivity contribution in [3.63, 3.8) is 0 Å². The van der Waals surface area contributed by atoms with E-state index in [4.69, 9.17) is 5.73 Å². The number of amides is 1. The average Bonchev–Trinajstić information content (AvgIpc) is 2.95. The predicted molar refractivity (Wildman–Crippen MR) is 94.0 cm³/mol. The number of nitrogens with two attached hydrogens (primary N) is 1. The molecule has 0 unspecified atom stereocenters. The molecule has 2 N–H and O–H groups in total. The average molecular weight is 323 g/mol. The predicted octanol–water partition coefficient (Wildman–Crippen LogP) is 3.33. The first kappa shape index (κ1) is 15.4. The van der Waals surface area contributed by atoms with Crippen LogP contribution in [0.4, 0.5) is 0 Å². The van der Waals surface area contributed by atoms with E-state index in [9.17, 15) is 4.79 Å². The summed E-state index contributed by atoms with van der Waals surface area (Å²) in [6, 6.07) is 18.7. The lowest BCUT2D eigenvalue weighted by atomic mass is 10.0. The molecule has 0 saturated carbocycles. The van der Waals surface area contributed by atoms with Crippen LogP contribution in [0.5, 0.6) is 0 Å². The molecule has 0 fully saturated rings. The Morgan fingerprint density at radius 3 is 2.30 bits per heavy atom. The molecule has 0 bridgehead atoms. The van der Waals surface area contributed by atoms with Crippen molar-refractivity contribution in [3.05, 3.63) is 60.8 Å². The van der Waals surface area contributed by atoms with Crippen LogP contribution in [0.2, 0.25) is 0 Å². The highest BCUT2D eigenvalue weighted by Crippen LogP contribution is 2.27. The summed E-state index contributed by atoms with van der Waals surface area (Å²) in [6.45, 7) is 0. The summed E-state index contributed by atoms with van der Waals surface area (Å²) < 4.78 is 1.98. The van der Waals surface area contributed by atoms with Crippen LogP contribution in [0, 0.1) is 0 Å². The first-order valence-corrected chi connectivity index (χ1v) is 8.22. The SMILES string of the molecule is Cn1c(-c2ccc(-c3ccccc3)cc2)cnc1SCC(N)=O. The molecule has 4 nitrogen and oxygen atoms in total. The topological polar surface area (TPSA) is 60.9 Å². The molecule has 2 aromatic carbocycles. The number of thioether (sulfide) groups is 1. The van der Waals surface area contributed by atoms with Gasteiger partial charge in [-0.25, -0.2) is 4.98 Å². The van der Waals surface area contributed by atoms with Crippen LogP contribution in [0.3, 0.4) is 0 Å². The van der Waals surface area contributed by atoms with Crippen molar-refractivity contribution in [3.8, 4) is 22.4 Å². The Labute approximate surface area is 139 Å². The van der Waals surface area contributed by atoms with E-state index in [1.165, 1.54) is 22.9 Å². The van der Waals surface area contributed by atoms with E-state index < -0.39 is 0 Å². The third-order valence-corrected chi connectivity index (χ3v) is 4.64. The number of carbonyl (C=O) groups is 1. The van der Waals surface area contributed by atoms with Crippen LogP contribution in [0.15, 0.2) is 66.0 Å². The van der Waals surface area contributed by atoms with Crippen molar-refractivity contribution in [1.82, 2.24) is 9.55 Å². The molecule has 0 saturated heterocycles. The molecule has 1 amide bonds. The summed E-state index contributed by atoms with van der Waals surface area (Å²) in [5.74, 6) is -0.108. The highest BCUT2D eigenvalue weighted by Gasteiger charge is 2.10. The zero-order valence-electron chi connectivity index (χ0n) is 12.8. The first-order valence-electron chi connectivity index (χ1n) is 7.24. The number of hydrogen-bond acceptors (Lipinski definition) is 3. The summed E-state index contributed by atoms with van der Waals surface area (Å²) in [4.78, 5) is 15.3. The molecule has 0 aliphatic carbocycles. The monoisotopic (exact) mass is 323 g/mol. The van der Waals surface area contributed by atoms with E-state index in [2.05, 4.69) is 41.4 Å². The maximum Gasteiger partial charge on any atom is 0.227 e. The molecule has 0 atom stereocenters. The maximum atomic E-state index is 10.9. The lowest BCUT2D eigenvalue weighted by Crippen LogP contribution is -2.13. The van der Waals surface area contributed by atoms with Gasteiger partial charge in [0.25, 0.3) is 0 Å². The van der Waals surface area contributed by atoms with E-state index in [1.807, 2.05) is 36.0 Å². The summed E-state index contributed by atoms with van der Waals surface area (Å²) in [6.07, 6.45) is 1.82. The molecule has 0 spiro atoms. The van der Waals surface area contributed by atoms with Gasteiger partial charge in [-0.1, -0.05) is 66.4 Å². The largest absolute Gasteiger partial charge is 0.369 e. The molecule has 23 heavy (non-hydrogen) atoms. The fraction of sp³-hybridized carbons (Fsp3) is 0.111. The summed E-state index contributed by atoms with van der Waals surface area (Å²) in [5.41, 5.74) is 9.66. The standard InChI is InChI=1S/C18H17N3OS/c1-21-16(11-20-18(21)23-12-17(19)22)15-9-7-14(8-10-15)13-5-3-2-4-6-13/h2-11H,12H2,1H3,(H2,19,22). The normalized spacial score (nSPS) is 10.7. The molecular weight excluding hydrogens is 306 g/mol. The number of benzene rings is 2. The molecule has 0 radical (unpaired) electrons. The molecule has 0 aliphatic rings. The third-order valence-electron chi connectivity index (χ3n) is 3.58. The van der Waals surface area contributed by atoms with Gasteiger partial charge < -0.3 is 10.3 Å². The number of nitrogens with zero attached hydrogens (tertiary/aromatic N) is 2. The number of hydrogen-bond donors (Lipinski definition) is 1. The second-order valence-electron chi connectivity index (χ2n) is 5.18. The number of primary amides is 1. The summed E-state index contributed by atoms with van der Waals surface area (Å²) >= 11 is 1.35. The van der Waals surface area contributed by atoms with Crippen LogP contribution in [0.25, 0.3) is 22.4 Å². The first-order chi connectivity index (χ1) is 11.1. The van der Waals surface area contributed by atoms with Gasteiger partial charge in [0.05, 0.1) is 17.6 Å². The Balaban J connectivity index is 1.84. The van der Waals surface area contributed by atoms with Gasteiger partial charge in [-0.15, -0.1) is 0 Å². The lowest BCUT2D eigenvalue weighted by Gasteiger charge is -2.07. The molecular formula is C18H17N3OS. The van der Waals surface area contributed by atoms with Gasteiger partial charge in [-0.2, -0.15) is 0 Å². The molecule has 0 aliphatic heterocycles. The quantitative estimate of drug-likeness (QED) is 0.733. The van der Waals surface area contributed by atoms with Gasteiger partial charge in [0, 0.05) is 7.05 Å². The van der Waals surface area contributed by atoms with Gasteiger partial charge in [-0.05, 0) is 16.7 Å². The van der Waals surface area contributed by atoms with Crippen molar-refractivity contribution >= 4 is 17.7 Å². The van der Waals surface area contributed by atoms with Crippen molar-refractivity contribution in [2.45, 2.75) is 5.16 Å². The van der Waals surface area contributed by atoms with Crippen molar-refractivity contribution in [1.29, 1.82) is 0 Å². The van der Waals surface area contributed by atoms with Crippen LogP contribution in [-0.2, 0) is 11.8 Å². The Hall–Kier alpha value is -2.53. The second kappa shape index (κ2) is 6.71. The number of imidazole rings is 1. The fourth-order valence-corrected chi connectivity index (χ4v) is 3.09.